The van der Waals surface area contributed by atoms with Crippen LogP contribution in [0.3, 0.4) is 0 Å². The molecule has 0 spiro atoms. The van der Waals surface area contributed by atoms with E-state index in [4.69, 9.17) is 0 Å². The Labute approximate surface area is 77.9 Å². The van der Waals surface area contributed by atoms with Crippen molar-refractivity contribution in [1.82, 2.24) is 9.99 Å². The Morgan fingerprint density at radius 1 is 1.38 bits per heavy atom. The van der Waals surface area contributed by atoms with E-state index in [1.807, 2.05) is 26.0 Å². The van der Waals surface area contributed by atoms with Crippen molar-refractivity contribution >= 4 is 5.91 Å². The molecule has 4 nitrogen and oxygen atoms in total. The highest BCUT2D eigenvalue weighted by Gasteiger charge is 2.00. The van der Waals surface area contributed by atoms with Gasteiger partial charge in [0.1, 0.15) is 0 Å². The topological polar surface area (TPSA) is 46.1 Å². The van der Waals surface area contributed by atoms with Crippen molar-refractivity contribution in [1.29, 1.82) is 0 Å². The van der Waals surface area contributed by atoms with Crippen LogP contribution in [0.25, 0.3) is 0 Å². The van der Waals surface area contributed by atoms with Gasteiger partial charge >= 0.3 is 0 Å². The first kappa shape index (κ1) is 9.80. The van der Waals surface area contributed by atoms with E-state index < -0.39 is 0 Å². The summed E-state index contributed by atoms with van der Waals surface area (Å²) in [6, 6.07) is 4.04. The average molecular weight is 181 g/mol. The summed E-state index contributed by atoms with van der Waals surface area (Å²) in [6.07, 6.45) is 3.57. The van der Waals surface area contributed by atoms with Crippen molar-refractivity contribution in [3.63, 3.8) is 0 Å². The Bertz CT molecular complexity index is 254. The lowest BCUT2D eigenvalue weighted by atomic mass is 10.4. The SMILES string of the molecule is CC(C)NCC(=O)Nn1cccc1. The third kappa shape index (κ3) is 3.75. The first-order valence-corrected chi connectivity index (χ1v) is 4.34. The van der Waals surface area contributed by atoms with Gasteiger partial charge in [-0.3, -0.25) is 14.9 Å². The minimum absolute atomic E-state index is 0.0371. The van der Waals surface area contributed by atoms with Crippen LogP contribution < -0.4 is 10.7 Å². The zero-order valence-corrected chi connectivity index (χ0v) is 7.95. The summed E-state index contributed by atoms with van der Waals surface area (Å²) in [6.45, 7) is 4.35. The van der Waals surface area contributed by atoms with Crippen LogP contribution in [0, 0.1) is 0 Å². The number of hydrogen-bond donors (Lipinski definition) is 2. The maximum absolute atomic E-state index is 11.2. The molecule has 0 radical (unpaired) electrons. The van der Waals surface area contributed by atoms with Crippen molar-refractivity contribution in [3.05, 3.63) is 24.5 Å². The highest BCUT2D eigenvalue weighted by molar-refractivity contribution is 5.85. The van der Waals surface area contributed by atoms with Gasteiger partial charge in [0, 0.05) is 18.4 Å². The fraction of sp³-hybridized carbons (Fsp3) is 0.444. The molecule has 1 rings (SSSR count). The van der Waals surface area contributed by atoms with E-state index in [1.165, 1.54) is 0 Å². The maximum Gasteiger partial charge on any atom is 0.252 e. The number of aromatic nitrogens is 1. The second-order valence-electron chi connectivity index (χ2n) is 3.16. The van der Waals surface area contributed by atoms with Crippen LogP contribution in [0.5, 0.6) is 0 Å². The van der Waals surface area contributed by atoms with Crippen LogP contribution >= 0.6 is 0 Å². The largest absolute Gasteiger partial charge is 0.306 e. The summed E-state index contributed by atoms with van der Waals surface area (Å²) in [5.74, 6) is -0.0371. The Morgan fingerprint density at radius 2 is 2.00 bits per heavy atom. The van der Waals surface area contributed by atoms with Crippen molar-refractivity contribution in [2.75, 3.05) is 12.0 Å². The molecule has 13 heavy (non-hydrogen) atoms. The van der Waals surface area contributed by atoms with Gasteiger partial charge in [-0.05, 0) is 12.1 Å². The minimum Gasteiger partial charge on any atom is -0.306 e. The number of rotatable bonds is 4. The zero-order valence-electron chi connectivity index (χ0n) is 7.95. The van der Waals surface area contributed by atoms with Crippen LogP contribution in [-0.4, -0.2) is 23.2 Å². The van der Waals surface area contributed by atoms with Crippen molar-refractivity contribution in [3.8, 4) is 0 Å². The average Bonchev–Trinajstić information content (AvgIpc) is 2.53. The summed E-state index contributed by atoms with van der Waals surface area (Å²) in [7, 11) is 0. The Balaban J connectivity index is 2.26. The van der Waals surface area contributed by atoms with E-state index in [0.717, 1.165) is 0 Å². The predicted molar refractivity (Wildman–Crippen MR) is 51.9 cm³/mol. The lowest BCUT2D eigenvalue weighted by Crippen LogP contribution is -2.35. The lowest BCUT2D eigenvalue weighted by Gasteiger charge is -2.09. The number of amides is 1. The fourth-order valence-electron chi connectivity index (χ4n) is 0.889. The lowest BCUT2D eigenvalue weighted by molar-refractivity contribution is -0.116. The van der Waals surface area contributed by atoms with Crippen LogP contribution in [0.2, 0.25) is 0 Å². The molecular weight excluding hydrogens is 166 g/mol. The monoisotopic (exact) mass is 181 g/mol. The van der Waals surface area contributed by atoms with Gasteiger partial charge in [-0.2, -0.15) is 0 Å². The molecule has 0 aliphatic heterocycles. The van der Waals surface area contributed by atoms with Crippen molar-refractivity contribution < 1.29 is 4.79 Å². The molecule has 0 atom stereocenters. The standard InChI is InChI=1S/C9H15N3O/c1-8(2)10-7-9(13)11-12-5-3-4-6-12/h3-6,8,10H,7H2,1-2H3,(H,11,13). The van der Waals surface area contributed by atoms with E-state index in [1.54, 1.807) is 17.1 Å². The molecule has 0 saturated carbocycles. The Morgan fingerprint density at radius 3 is 2.54 bits per heavy atom. The zero-order chi connectivity index (χ0) is 9.68. The molecule has 0 aliphatic rings. The molecule has 1 aromatic heterocycles. The quantitative estimate of drug-likeness (QED) is 0.712. The molecule has 0 unspecified atom stereocenters. The second-order valence-corrected chi connectivity index (χ2v) is 3.16. The number of nitrogens with zero attached hydrogens (tertiary/aromatic N) is 1. The van der Waals surface area contributed by atoms with Crippen LogP contribution in [-0.2, 0) is 4.79 Å². The molecule has 0 saturated heterocycles. The smallest absolute Gasteiger partial charge is 0.252 e. The normalized spacial score (nSPS) is 10.4. The van der Waals surface area contributed by atoms with Crippen LogP contribution in [0.1, 0.15) is 13.8 Å². The van der Waals surface area contributed by atoms with Gasteiger partial charge < -0.3 is 5.32 Å². The van der Waals surface area contributed by atoms with Gasteiger partial charge in [-0.15, -0.1) is 0 Å². The van der Waals surface area contributed by atoms with Crippen molar-refractivity contribution in [2.45, 2.75) is 19.9 Å². The van der Waals surface area contributed by atoms with Crippen LogP contribution in [0.4, 0.5) is 0 Å². The Kier molecular flexibility index (Phi) is 3.52. The second kappa shape index (κ2) is 4.67. The molecule has 0 fully saturated rings. The van der Waals surface area contributed by atoms with E-state index in [9.17, 15) is 4.79 Å². The minimum atomic E-state index is -0.0371. The predicted octanol–water partition coefficient (Wildman–Crippen LogP) is 0.556. The first-order chi connectivity index (χ1) is 6.18. The summed E-state index contributed by atoms with van der Waals surface area (Å²) < 4.78 is 1.63. The van der Waals surface area contributed by atoms with Gasteiger partial charge in [0.05, 0.1) is 6.54 Å². The molecule has 0 aromatic carbocycles. The molecule has 1 aromatic rings. The molecule has 72 valence electrons. The van der Waals surface area contributed by atoms with E-state index in [0.29, 0.717) is 12.6 Å². The fourth-order valence-corrected chi connectivity index (χ4v) is 0.889. The van der Waals surface area contributed by atoms with E-state index >= 15 is 0 Å². The van der Waals surface area contributed by atoms with Gasteiger partial charge in [0.15, 0.2) is 0 Å². The van der Waals surface area contributed by atoms with Gasteiger partial charge in [0.2, 0.25) is 0 Å². The molecule has 2 N–H and O–H groups in total. The van der Waals surface area contributed by atoms with Gasteiger partial charge in [0.25, 0.3) is 5.91 Å². The molecule has 0 aliphatic carbocycles. The molecule has 1 amide bonds. The van der Waals surface area contributed by atoms with Gasteiger partial charge in [-0.1, -0.05) is 13.8 Å². The highest BCUT2D eigenvalue weighted by Crippen LogP contribution is 1.84. The number of carbonyl (C=O) groups excluding carboxylic acids is 1. The van der Waals surface area contributed by atoms with Crippen molar-refractivity contribution in [2.24, 2.45) is 0 Å². The summed E-state index contributed by atoms with van der Waals surface area (Å²) in [5.41, 5.74) is 2.69. The van der Waals surface area contributed by atoms with E-state index in [-0.39, 0.29) is 5.91 Å². The summed E-state index contributed by atoms with van der Waals surface area (Å²) in [4.78, 5) is 11.2. The molecule has 1 heterocycles. The number of hydrogen-bond acceptors (Lipinski definition) is 2. The molecular formula is C9H15N3O. The number of nitrogens with one attached hydrogen (secondary N) is 2. The maximum atomic E-state index is 11.2. The first-order valence-electron chi connectivity index (χ1n) is 4.34. The molecule has 4 heteroatoms. The summed E-state index contributed by atoms with van der Waals surface area (Å²) >= 11 is 0. The number of carbonyl (C=O) groups is 1. The van der Waals surface area contributed by atoms with E-state index in [2.05, 4.69) is 10.7 Å². The third-order valence-corrected chi connectivity index (χ3v) is 1.53. The van der Waals surface area contributed by atoms with Gasteiger partial charge in [-0.25, -0.2) is 0 Å². The highest BCUT2D eigenvalue weighted by atomic mass is 16.2. The summed E-state index contributed by atoms with van der Waals surface area (Å²) in [5, 5.41) is 3.03. The Hall–Kier alpha value is -1.29. The molecule has 0 bridgehead atoms. The third-order valence-electron chi connectivity index (χ3n) is 1.53. The van der Waals surface area contributed by atoms with Crippen LogP contribution in [0.15, 0.2) is 24.5 Å².